The normalized spacial score (nSPS) is 11.1. The molecule has 0 aliphatic rings. The fraction of sp³-hybridized carbons (Fsp3) is 0.133. The standard InChI is InChI=1S/C15H12ClNO2/c1-9-3-4-10-11(8-17(2)12(10)7-9)15(18)13-5-6-14(16)19-13/h3-8H,1-2H3. The fourth-order valence-corrected chi connectivity index (χ4v) is 2.39. The summed E-state index contributed by atoms with van der Waals surface area (Å²) < 4.78 is 7.13. The highest BCUT2D eigenvalue weighted by Gasteiger charge is 2.18. The Kier molecular flexibility index (Phi) is 2.72. The minimum atomic E-state index is -0.152. The number of carbonyl (C=O) groups excluding carboxylic acids is 1. The van der Waals surface area contributed by atoms with E-state index in [-0.39, 0.29) is 16.8 Å². The predicted molar refractivity (Wildman–Crippen MR) is 74.8 cm³/mol. The highest BCUT2D eigenvalue weighted by molar-refractivity contribution is 6.29. The number of fused-ring (bicyclic) bond motifs is 1. The van der Waals surface area contributed by atoms with Gasteiger partial charge in [-0.25, -0.2) is 0 Å². The molecular formula is C15H12ClNO2. The number of halogens is 1. The lowest BCUT2D eigenvalue weighted by Gasteiger charge is -1.98. The second-order valence-corrected chi connectivity index (χ2v) is 4.98. The first kappa shape index (κ1) is 12.1. The summed E-state index contributed by atoms with van der Waals surface area (Å²) in [5, 5.41) is 1.14. The minimum Gasteiger partial charge on any atom is -0.441 e. The molecule has 2 heterocycles. The first-order valence-corrected chi connectivity index (χ1v) is 6.30. The lowest BCUT2D eigenvalue weighted by molar-refractivity contribution is 0.101. The Morgan fingerprint density at radius 3 is 2.74 bits per heavy atom. The number of aromatic nitrogens is 1. The van der Waals surface area contributed by atoms with Crippen molar-refractivity contribution in [3.05, 3.63) is 58.6 Å². The van der Waals surface area contributed by atoms with Crippen LogP contribution in [0.4, 0.5) is 0 Å². The van der Waals surface area contributed by atoms with Gasteiger partial charge in [-0.2, -0.15) is 0 Å². The van der Waals surface area contributed by atoms with Gasteiger partial charge in [0.2, 0.25) is 5.78 Å². The van der Waals surface area contributed by atoms with Gasteiger partial charge < -0.3 is 8.98 Å². The highest BCUT2D eigenvalue weighted by atomic mass is 35.5. The number of nitrogens with zero attached hydrogens (tertiary/aromatic N) is 1. The van der Waals surface area contributed by atoms with Crippen molar-refractivity contribution in [3.8, 4) is 0 Å². The number of benzene rings is 1. The Morgan fingerprint density at radius 2 is 2.05 bits per heavy atom. The highest BCUT2D eigenvalue weighted by Crippen LogP contribution is 2.25. The molecule has 96 valence electrons. The van der Waals surface area contributed by atoms with E-state index >= 15 is 0 Å². The molecule has 0 bridgehead atoms. The second kappa shape index (κ2) is 4.28. The molecule has 19 heavy (non-hydrogen) atoms. The van der Waals surface area contributed by atoms with Gasteiger partial charge in [-0.3, -0.25) is 4.79 Å². The molecule has 0 unspecified atom stereocenters. The van der Waals surface area contributed by atoms with E-state index in [9.17, 15) is 4.79 Å². The van der Waals surface area contributed by atoms with Crippen LogP contribution in [0.25, 0.3) is 10.9 Å². The Hall–Kier alpha value is -2.00. The third kappa shape index (κ3) is 1.96. The lowest BCUT2D eigenvalue weighted by Crippen LogP contribution is -1.98. The molecule has 0 radical (unpaired) electrons. The summed E-state index contributed by atoms with van der Waals surface area (Å²) in [6.45, 7) is 2.03. The van der Waals surface area contributed by atoms with Crippen molar-refractivity contribution in [3.63, 3.8) is 0 Å². The van der Waals surface area contributed by atoms with Crippen LogP contribution < -0.4 is 0 Å². The van der Waals surface area contributed by atoms with Crippen molar-refractivity contribution in [2.24, 2.45) is 7.05 Å². The van der Waals surface area contributed by atoms with E-state index in [1.807, 2.05) is 36.9 Å². The van der Waals surface area contributed by atoms with Crippen LogP contribution in [-0.2, 0) is 7.05 Å². The lowest BCUT2D eigenvalue weighted by atomic mass is 10.1. The summed E-state index contributed by atoms with van der Waals surface area (Å²) in [7, 11) is 1.92. The first-order valence-electron chi connectivity index (χ1n) is 5.92. The van der Waals surface area contributed by atoms with Crippen molar-refractivity contribution < 1.29 is 9.21 Å². The maximum Gasteiger partial charge on any atom is 0.230 e. The van der Waals surface area contributed by atoms with E-state index in [0.29, 0.717) is 5.56 Å². The molecule has 0 atom stereocenters. The van der Waals surface area contributed by atoms with Crippen LogP contribution in [0.3, 0.4) is 0 Å². The average Bonchev–Trinajstić information content (AvgIpc) is 2.94. The van der Waals surface area contributed by atoms with E-state index in [1.165, 1.54) is 0 Å². The second-order valence-electron chi connectivity index (χ2n) is 4.61. The topological polar surface area (TPSA) is 35.1 Å². The third-order valence-corrected chi connectivity index (χ3v) is 3.39. The Balaban J connectivity index is 2.18. The summed E-state index contributed by atoms with van der Waals surface area (Å²) >= 11 is 5.71. The van der Waals surface area contributed by atoms with Gasteiger partial charge in [0.1, 0.15) is 0 Å². The van der Waals surface area contributed by atoms with Gasteiger partial charge in [0.05, 0.1) is 5.56 Å². The van der Waals surface area contributed by atoms with Crippen molar-refractivity contribution in [2.75, 3.05) is 0 Å². The van der Waals surface area contributed by atoms with E-state index < -0.39 is 0 Å². The molecule has 0 aliphatic carbocycles. The molecule has 3 aromatic rings. The SMILES string of the molecule is Cc1ccc2c(C(=O)c3ccc(Cl)o3)cn(C)c2c1. The van der Waals surface area contributed by atoms with Crippen molar-refractivity contribution in [1.82, 2.24) is 4.57 Å². The van der Waals surface area contributed by atoms with Gasteiger partial charge in [-0.1, -0.05) is 12.1 Å². The molecule has 0 spiro atoms. The fourth-order valence-electron chi connectivity index (χ4n) is 2.24. The number of aryl methyl sites for hydroxylation is 2. The zero-order chi connectivity index (χ0) is 13.6. The van der Waals surface area contributed by atoms with Crippen LogP contribution in [0.5, 0.6) is 0 Å². The number of hydrogen-bond donors (Lipinski definition) is 0. The molecule has 0 saturated heterocycles. The summed E-state index contributed by atoms with van der Waals surface area (Å²) in [5.41, 5.74) is 2.82. The smallest absolute Gasteiger partial charge is 0.230 e. The van der Waals surface area contributed by atoms with Gasteiger partial charge in [0.15, 0.2) is 11.0 Å². The Morgan fingerprint density at radius 1 is 1.26 bits per heavy atom. The molecule has 2 aromatic heterocycles. The molecule has 1 aromatic carbocycles. The summed E-state index contributed by atoms with van der Waals surface area (Å²) in [6, 6.07) is 9.18. The summed E-state index contributed by atoms with van der Waals surface area (Å²) in [4.78, 5) is 12.4. The molecule has 0 aliphatic heterocycles. The van der Waals surface area contributed by atoms with Gasteiger partial charge >= 0.3 is 0 Å². The van der Waals surface area contributed by atoms with E-state index in [1.54, 1.807) is 12.1 Å². The van der Waals surface area contributed by atoms with Crippen LogP contribution in [-0.4, -0.2) is 10.4 Å². The molecule has 4 heteroatoms. The Labute approximate surface area is 115 Å². The maximum atomic E-state index is 12.4. The summed E-state index contributed by atoms with van der Waals surface area (Å²) in [6.07, 6.45) is 1.82. The number of carbonyl (C=O) groups is 1. The van der Waals surface area contributed by atoms with Gasteiger partial charge in [0.25, 0.3) is 0 Å². The van der Waals surface area contributed by atoms with Crippen LogP contribution in [0.1, 0.15) is 21.7 Å². The average molecular weight is 274 g/mol. The molecule has 3 nitrogen and oxygen atoms in total. The molecule has 0 saturated carbocycles. The first-order chi connectivity index (χ1) is 9.06. The van der Waals surface area contributed by atoms with Crippen LogP contribution in [0.15, 0.2) is 40.9 Å². The minimum absolute atomic E-state index is 0.152. The van der Waals surface area contributed by atoms with E-state index in [4.69, 9.17) is 16.0 Å². The predicted octanol–water partition coefficient (Wildman–Crippen LogP) is 3.96. The van der Waals surface area contributed by atoms with Crippen molar-refractivity contribution >= 4 is 28.3 Å². The molecule has 0 fully saturated rings. The molecule has 0 amide bonds. The van der Waals surface area contributed by atoms with Crippen molar-refractivity contribution in [1.29, 1.82) is 0 Å². The summed E-state index contributed by atoms with van der Waals surface area (Å²) in [5.74, 6) is 0.111. The molecule has 0 N–H and O–H groups in total. The molecule has 3 rings (SSSR count). The zero-order valence-corrected chi connectivity index (χ0v) is 11.4. The largest absolute Gasteiger partial charge is 0.441 e. The zero-order valence-electron chi connectivity index (χ0n) is 10.6. The third-order valence-electron chi connectivity index (χ3n) is 3.19. The van der Waals surface area contributed by atoms with Crippen LogP contribution in [0.2, 0.25) is 5.22 Å². The van der Waals surface area contributed by atoms with E-state index in [2.05, 4.69) is 6.07 Å². The number of hydrogen-bond acceptors (Lipinski definition) is 2. The van der Waals surface area contributed by atoms with Gasteiger partial charge in [-0.15, -0.1) is 0 Å². The number of furan rings is 1. The number of rotatable bonds is 2. The van der Waals surface area contributed by atoms with Gasteiger partial charge in [0, 0.05) is 24.1 Å². The quantitative estimate of drug-likeness (QED) is 0.662. The van der Waals surface area contributed by atoms with E-state index in [0.717, 1.165) is 16.5 Å². The monoisotopic (exact) mass is 273 g/mol. The van der Waals surface area contributed by atoms with Gasteiger partial charge in [-0.05, 0) is 42.3 Å². The van der Waals surface area contributed by atoms with Crippen LogP contribution >= 0.6 is 11.6 Å². The Bertz CT molecular complexity index is 783. The maximum absolute atomic E-state index is 12.4. The van der Waals surface area contributed by atoms with Crippen LogP contribution in [0, 0.1) is 6.92 Å². The molecular weight excluding hydrogens is 262 g/mol. The van der Waals surface area contributed by atoms with Crippen molar-refractivity contribution in [2.45, 2.75) is 6.92 Å². The number of ketones is 1.